The molecule has 4 nitrogen and oxygen atoms in total. The second-order valence-electron chi connectivity index (χ2n) is 5.96. The van der Waals surface area contributed by atoms with Gasteiger partial charge in [-0.3, -0.25) is 4.79 Å². The van der Waals surface area contributed by atoms with Gasteiger partial charge < -0.3 is 5.32 Å². The molecule has 0 saturated heterocycles. The predicted molar refractivity (Wildman–Crippen MR) is 87.5 cm³/mol. The Labute approximate surface area is 127 Å². The first-order chi connectivity index (χ1) is 10.1. The molecule has 1 amide bonds. The molecular formula is C17H25N3O. The number of hydrogen-bond donors (Lipinski definition) is 2. The van der Waals surface area contributed by atoms with Crippen LogP contribution in [0.15, 0.2) is 29.4 Å². The van der Waals surface area contributed by atoms with Gasteiger partial charge in [-0.25, -0.2) is 5.43 Å². The zero-order valence-electron chi connectivity index (χ0n) is 13.1. The van der Waals surface area contributed by atoms with Crippen LogP contribution < -0.4 is 10.7 Å². The Balaban J connectivity index is 1.89. The molecular weight excluding hydrogens is 262 g/mol. The molecule has 21 heavy (non-hydrogen) atoms. The molecule has 0 spiro atoms. The molecule has 4 heteroatoms. The number of hydrazone groups is 1. The third-order valence-corrected chi connectivity index (χ3v) is 3.99. The molecule has 1 aliphatic carbocycles. The van der Waals surface area contributed by atoms with Crippen LogP contribution in [-0.2, 0) is 4.79 Å². The van der Waals surface area contributed by atoms with Crippen LogP contribution in [0.2, 0.25) is 0 Å². The van der Waals surface area contributed by atoms with Crippen molar-refractivity contribution in [2.24, 2.45) is 11.0 Å². The Bertz CT molecular complexity index is 525. The van der Waals surface area contributed by atoms with E-state index in [9.17, 15) is 4.79 Å². The third kappa shape index (κ3) is 4.59. The fraction of sp³-hybridized carbons (Fsp3) is 0.529. The number of carbonyl (C=O) groups is 1. The fourth-order valence-corrected chi connectivity index (χ4v) is 2.61. The molecule has 0 radical (unpaired) electrons. The Morgan fingerprint density at radius 1 is 1.38 bits per heavy atom. The highest BCUT2D eigenvalue weighted by Crippen LogP contribution is 2.20. The minimum absolute atomic E-state index is 0.0956. The van der Waals surface area contributed by atoms with E-state index in [1.165, 1.54) is 24.8 Å². The minimum Gasteiger partial charge on any atom is -0.374 e. The molecule has 2 rings (SSSR count). The van der Waals surface area contributed by atoms with Crippen molar-refractivity contribution in [2.45, 2.75) is 52.5 Å². The van der Waals surface area contributed by atoms with E-state index in [2.05, 4.69) is 22.8 Å². The van der Waals surface area contributed by atoms with Gasteiger partial charge in [0.25, 0.3) is 5.91 Å². The molecule has 2 N–H and O–H groups in total. The molecule has 1 aromatic carbocycles. The summed E-state index contributed by atoms with van der Waals surface area (Å²) in [5.41, 5.74) is 5.95. The van der Waals surface area contributed by atoms with Crippen molar-refractivity contribution in [3.8, 4) is 0 Å². The molecule has 0 aromatic heterocycles. The van der Waals surface area contributed by atoms with E-state index in [1.54, 1.807) is 0 Å². The number of nitrogens with zero attached hydrogens (tertiary/aromatic N) is 1. The number of rotatable bonds is 4. The lowest BCUT2D eigenvalue weighted by Gasteiger charge is -2.20. The van der Waals surface area contributed by atoms with Gasteiger partial charge in [-0.05, 0) is 56.7 Å². The first-order valence-electron chi connectivity index (χ1n) is 7.76. The molecule has 2 atom stereocenters. The normalized spacial score (nSPS) is 21.9. The van der Waals surface area contributed by atoms with E-state index < -0.39 is 0 Å². The summed E-state index contributed by atoms with van der Waals surface area (Å²) in [6, 6.07) is 7.69. The standard InChI is InChI=1S/C17H25N3O/c1-12-7-6-9-15(11-12)18-14(3)17(21)20-19-16-10-5-4-8-13(16)2/h6-7,9,11,13-14,18H,4-5,8,10H2,1-3H3,(H,20,21). The van der Waals surface area contributed by atoms with E-state index in [-0.39, 0.29) is 11.9 Å². The summed E-state index contributed by atoms with van der Waals surface area (Å²) in [7, 11) is 0. The Morgan fingerprint density at radius 3 is 2.90 bits per heavy atom. The first kappa shape index (κ1) is 15.5. The summed E-state index contributed by atoms with van der Waals surface area (Å²) >= 11 is 0. The Hall–Kier alpha value is -1.84. The molecule has 1 saturated carbocycles. The maximum atomic E-state index is 12.1. The van der Waals surface area contributed by atoms with Crippen molar-refractivity contribution in [1.29, 1.82) is 0 Å². The van der Waals surface area contributed by atoms with Gasteiger partial charge >= 0.3 is 0 Å². The lowest BCUT2D eigenvalue weighted by Crippen LogP contribution is -2.36. The number of hydrogen-bond acceptors (Lipinski definition) is 3. The summed E-state index contributed by atoms with van der Waals surface area (Å²) < 4.78 is 0. The first-order valence-corrected chi connectivity index (χ1v) is 7.76. The second-order valence-corrected chi connectivity index (χ2v) is 5.96. The number of amides is 1. The van der Waals surface area contributed by atoms with Gasteiger partial charge in [0.05, 0.1) is 0 Å². The zero-order valence-corrected chi connectivity index (χ0v) is 13.1. The summed E-state index contributed by atoms with van der Waals surface area (Å²) in [5, 5.41) is 7.52. The molecule has 2 unspecified atom stereocenters. The lowest BCUT2D eigenvalue weighted by molar-refractivity contribution is -0.121. The van der Waals surface area contributed by atoms with Crippen LogP contribution in [0.4, 0.5) is 5.69 Å². The molecule has 1 aromatic rings. The number of nitrogens with one attached hydrogen (secondary N) is 2. The van der Waals surface area contributed by atoms with Crippen LogP contribution in [0.5, 0.6) is 0 Å². The number of carbonyl (C=O) groups excluding carboxylic acids is 1. The van der Waals surface area contributed by atoms with E-state index >= 15 is 0 Å². The Morgan fingerprint density at radius 2 is 2.19 bits per heavy atom. The molecule has 1 aliphatic rings. The van der Waals surface area contributed by atoms with Crippen molar-refractivity contribution in [2.75, 3.05) is 5.32 Å². The van der Waals surface area contributed by atoms with Gasteiger partial charge in [0.15, 0.2) is 0 Å². The van der Waals surface area contributed by atoms with Crippen LogP contribution >= 0.6 is 0 Å². The van der Waals surface area contributed by atoms with Crippen LogP contribution in [-0.4, -0.2) is 17.7 Å². The van der Waals surface area contributed by atoms with Crippen LogP contribution in [0.25, 0.3) is 0 Å². The van der Waals surface area contributed by atoms with E-state index in [4.69, 9.17) is 0 Å². The van der Waals surface area contributed by atoms with Gasteiger partial charge in [0.2, 0.25) is 0 Å². The number of aryl methyl sites for hydroxylation is 1. The molecule has 0 bridgehead atoms. The van der Waals surface area contributed by atoms with Crippen LogP contribution in [0, 0.1) is 12.8 Å². The highest BCUT2D eigenvalue weighted by molar-refractivity contribution is 5.90. The average molecular weight is 287 g/mol. The number of benzene rings is 1. The Kier molecular flexibility index (Phi) is 5.37. The summed E-state index contributed by atoms with van der Waals surface area (Å²) in [5.74, 6) is 0.390. The topological polar surface area (TPSA) is 53.5 Å². The van der Waals surface area contributed by atoms with Crippen LogP contribution in [0.3, 0.4) is 0 Å². The van der Waals surface area contributed by atoms with E-state index in [0.717, 1.165) is 17.8 Å². The summed E-state index contributed by atoms with van der Waals surface area (Å²) in [6.45, 7) is 6.06. The van der Waals surface area contributed by atoms with Gasteiger partial charge in [0, 0.05) is 11.4 Å². The van der Waals surface area contributed by atoms with Gasteiger partial charge in [0.1, 0.15) is 6.04 Å². The molecule has 0 aliphatic heterocycles. The smallest absolute Gasteiger partial charge is 0.262 e. The van der Waals surface area contributed by atoms with Gasteiger partial charge in [-0.1, -0.05) is 25.5 Å². The zero-order chi connectivity index (χ0) is 15.2. The van der Waals surface area contributed by atoms with Crippen molar-refractivity contribution >= 4 is 17.3 Å². The van der Waals surface area contributed by atoms with Gasteiger partial charge in [-0.2, -0.15) is 5.10 Å². The maximum absolute atomic E-state index is 12.1. The highest BCUT2D eigenvalue weighted by Gasteiger charge is 2.17. The van der Waals surface area contributed by atoms with Gasteiger partial charge in [-0.15, -0.1) is 0 Å². The van der Waals surface area contributed by atoms with Crippen molar-refractivity contribution in [3.63, 3.8) is 0 Å². The van der Waals surface area contributed by atoms with E-state index in [0.29, 0.717) is 5.92 Å². The molecule has 0 heterocycles. The average Bonchev–Trinajstić information content (AvgIpc) is 2.46. The van der Waals surface area contributed by atoms with Crippen molar-refractivity contribution < 1.29 is 4.79 Å². The lowest BCUT2D eigenvalue weighted by atomic mass is 9.89. The SMILES string of the molecule is Cc1cccc(NC(C)C(=O)NN=C2CCCCC2C)c1. The third-order valence-electron chi connectivity index (χ3n) is 3.99. The monoisotopic (exact) mass is 287 g/mol. The second kappa shape index (κ2) is 7.25. The highest BCUT2D eigenvalue weighted by atomic mass is 16.2. The van der Waals surface area contributed by atoms with Crippen molar-refractivity contribution in [1.82, 2.24) is 5.43 Å². The maximum Gasteiger partial charge on any atom is 0.262 e. The molecule has 114 valence electrons. The van der Waals surface area contributed by atoms with E-state index in [1.807, 2.05) is 38.1 Å². The predicted octanol–water partition coefficient (Wildman–Crippen LogP) is 3.48. The largest absolute Gasteiger partial charge is 0.374 e. The molecule has 1 fully saturated rings. The summed E-state index contributed by atoms with van der Waals surface area (Å²) in [6.07, 6.45) is 4.61. The summed E-state index contributed by atoms with van der Waals surface area (Å²) in [4.78, 5) is 12.1. The van der Waals surface area contributed by atoms with Crippen LogP contribution in [0.1, 0.15) is 45.1 Å². The minimum atomic E-state index is -0.310. The van der Waals surface area contributed by atoms with Crippen molar-refractivity contribution in [3.05, 3.63) is 29.8 Å². The quantitative estimate of drug-likeness (QED) is 0.833. The number of anilines is 1. The fourth-order valence-electron chi connectivity index (χ4n) is 2.61.